The Kier molecular flexibility index (Phi) is 3.98. The molecule has 1 amide bonds. The zero-order valence-corrected chi connectivity index (χ0v) is 14.3. The number of nitrogens with zero attached hydrogens (tertiary/aromatic N) is 1. The van der Waals surface area contributed by atoms with Gasteiger partial charge < -0.3 is 19.1 Å². The van der Waals surface area contributed by atoms with Crippen LogP contribution in [0, 0.1) is 0 Å². The van der Waals surface area contributed by atoms with Crippen LogP contribution in [0.2, 0.25) is 0 Å². The molecule has 25 heavy (non-hydrogen) atoms. The molecule has 3 atom stereocenters. The Morgan fingerprint density at radius 3 is 2.44 bits per heavy atom. The Morgan fingerprint density at radius 2 is 1.80 bits per heavy atom. The molecule has 0 unspecified atom stereocenters. The van der Waals surface area contributed by atoms with Gasteiger partial charge in [0.2, 0.25) is 0 Å². The summed E-state index contributed by atoms with van der Waals surface area (Å²) < 4.78 is 16.9. The van der Waals surface area contributed by atoms with Crippen LogP contribution < -0.4 is 4.74 Å². The summed E-state index contributed by atoms with van der Waals surface area (Å²) in [5.41, 5.74) is 0.898. The summed E-state index contributed by atoms with van der Waals surface area (Å²) in [7, 11) is 3.21. The Labute approximate surface area is 147 Å². The molecule has 2 aromatic carbocycles. The van der Waals surface area contributed by atoms with Crippen LogP contribution >= 0.6 is 0 Å². The molecule has 130 valence electrons. The molecule has 2 heterocycles. The minimum Gasteiger partial charge on any atom is -0.497 e. The van der Waals surface area contributed by atoms with Crippen molar-refractivity contribution in [3.8, 4) is 5.75 Å². The fourth-order valence-corrected chi connectivity index (χ4v) is 3.86. The maximum Gasteiger partial charge on any atom is 0.262 e. The quantitative estimate of drug-likeness (QED) is 0.859. The van der Waals surface area contributed by atoms with Crippen LogP contribution in [0.3, 0.4) is 0 Å². The molecule has 0 aliphatic carbocycles. The van der Waals surface area contributed by atoms with E-state index in [1.54, 1.807) is 14.2 Å². The molecular weight excluding hydrogens is 318 g/mol. The summed E-state index contributed by atoms with van der Waals surface area (Å²) in [5.74, 6) is 0.705. The second-order valence-corrected chi connectivity index (χ2v) is 6.39. The maximum atomic E-state index is 13.4. The topological polar surface area (TPSA) is 48.0 Å². The number of carbonyl (C=O) groups excluding carboxylic acids is 1. The SMILES string of the molecule is COc1ccc([C@]2(OC)C[C@H]3OC[C@H](c4ccccc4)N3C2=O)cc1. The largest absolute Gasteiger partial charge is 0.497 e. The first kappa shape index (κ1) is 16.1. The third-order valence-corrected chi connectivity index (χ3v) is 5.22. The van der Waals surface area contributed by atoms with Crippen molar-refractivity contribution in [1.29, 1.82) is 0 Å². The lowest BCUT2D eigenvalue weighted by Crippen LogP contribution is -2.40. The molecule has 2 aliphatic heterocycles. The van der Waals surface area contributed by atoms with Crippen molar-refractivity contribution < 1.29 is 19.0 Å². The van der Waals surface area contributed by atoms with Crippen molar-refractivity contribution >= 4 is 5.91 Å². The number of methoxy groups -OCH3 is 2. The number of carbonyl (C=O) groups is 1. The highest BCUT2D eigenvalue weighted by atomic mass is 16.5. The summed E-state index contributed by atoms with van der Waals surface area (Å²) in [6.07, 6.45) is 0.220. The van der Waals surface area contributed by atoms with E-state index in [1.807, 2.05) is 59.5 Å². The minimum atomic E-state index is -1.01. The van der Waals surface area contributed by atoms with Crippen LogP contribution in [0.1, 0.15) is 23.6 Å². The van der Waals surface area contributed by atoms with Crippen LogP contribution in [0.15, 0.2) is 54.6 Å². The van der Waals surface area contributed by atoms with Crippen molar-refractivity contribution in [2.24, 2.45) is 0 Å². The Bertz CT molecular complexity index is 761. The van der Waals surface area contributed by atoms with E-state index in [4.69, 9.17) is 14.2 Å². The van der Waals surface area contributed by atoms with E-state index in [9.17, 15) is 4.79 Å². The number of ether oxygens (including phenoxy) is 3. The second kappa shape index (κ2) is 6.17. The fourth-order valence-electron chi connectivity index (χ4n) is 3.86. The molecule has 2 saturated heterocycles. The standard InChI is InChI=1S/C20H21NO4/c1-23-16-10-8-15(9-11-16)20(24-2)12-18-21(19(20)22)17(13-25-18)14-6-4-3-5-7-14/h3-11,17-18H,12-13H2,1-2H3/t17-,18-,20-/m1/s1. The lowest BCUT2D eigenvalue weighted by molar-refractivity contribution is -0.149. The van der Waals surface area contributed by atoms with Crippen LogP contribution in [0.4, 0.5) is 0 Å². The molecule has 0 saturated carbocycles. The Balaban J connectivity index is 1.69. The Hall–Kier alpha value is -2.37. The van der Waals surface area contributed by atoms with Gasteiger partial charge in [-0.05, 0) is 23.3 Å². The van der Waals surface area contributed by atoms with Gasteiger partial charge in [-0.1, -0.05) is 42.5 Å². The Morgan fingerprint density at radius 1 is 1.08 bits per heavy atom. The molecule has 2 fully saturated rings. The van der Waals surface area contributed by atoms with Gasteiger partial charge in [-0.15, -0.1) is 0 Å². The summed E-state index contributed by atoms with van der Waals surface area (Å²) in [5, 5.41) is 0. The molecule has 0 aromatic heterocycles. The smallest absolute Gasteiger partial charge is 0.262 e. The first-order valence-corrected chi connectivity index (χ1v) is 8.38. The molecule has 0 radical (unpaired) electrons. The van der Waals surface area contributed by atoms with E-state index in [0.29, 0.717) is 13.0 Å². The zero-order chi connectivity index (χ0) is 17.4. The third kappa shape index (κ3) is 2.42. The van der Waals surface area contributed by atoms with E-state index >= 15 is 0 Å². The lowest BCUT2D eigenvalue weighted by Gasteiger charge is -2.29. The minimum absolute atomic E-state index is 0.0449. The van der Waals surface area contributed by atoms with Gasteiger partial charge in [0, 0.05) is 13.5 Å². The number of fused-ring (bicyclic) bond motifs is 1. The fraction of sp³-hybridized carbons (Fsp3) is 0.350. The maximum absolute atomic E-state index is 13.4. The van der Waals surface area contributed by atoms with E-state index < -0.39 is 5.60 Å². The van der Waals surface area contributed by atoms with Crippen LogP contribution in [0.5, 0.6) is 5.75 Å². The first-order chi connectivity index (χ1) is 12.2. The molecule has 5 heteroatoms. The number of hydrogen-bond acceptors (Lipinski definition) is 4. The van der Waals surface area contributed by atoms with Crippen molar-refractivity contribution in [1.82, 2.24) is 4.90 Å². The van der Waals surface area contributed by atoms with Gasteiger partial charge in [0.25, 0.3) is 5.91 Å². The zero-order valence-electron chi connectivity index (χ0n) is 14.3. The van der Waals surface area contributed by atoms with Crippen molar-refractivity contribution in [2.75, 3.05) is 20.8 Å². The van der Waals surface area contributed by atoms with Gasteiger partial charge in [-0.3, -0.25) is 4.79 Å². The van der Waals surface area contributed by atoms with Crippen LogP contribution in [-0.4, -0.2) is 37.9 Å². The lowest BCUT2D eigenvalue weighted by atomic mass is 9.91. The van der Waals surface area contributed by atoms with Gasteiger partial charge in [0.05, 0.1) is 19.8 Å². The molecule has 4 rings (SSSR count). The first-order valence-electron chi connectivity index (χ1n) is 8.38. The predicted octanol–water partition coefficient (Wildman–Crippen LogP) is 2.87. The molecular formula is C20H21NO4. The van der Waals surface area contributed by atoms with E-state index in [1.165, 1.54) is 0 Å². The average molecular weight is 339 g/mol. The summed E-state index contributed by atoms with van der Waals surface area (Å²) in [4.78, 5) is 15.2. The van der Waals surface area contributed by atoms with Gasteiger partial charge in [-0.25, -0.2) is 0 Å². The number of amides is 1. The van der Waals surface area contributed by atoms with Crippen molar-refractivity contribution in [3.63, 3.8) is 0 Å². The van der Waals surface area contributed by atoms with E-state index in [0.717, 1.165) is 16.9 Å². The van der Waals surface area contributed by atoms with E-state index in [-0.39, 0.29) is 18.2 Å². The molecule has 2 aliphatic rings. The second-order valence-electron chi connectivity index (χ2n) is 6.39. The summed E-state index contributed by atoms with van der Waals surface area (Å²) >= 11 is 0. The average Bonchev–Trinajstić information content (AvgIpc) is 3.21. The van der Waals surface area contributed by atoms with E-state index in [2.05, 4.69) is 0 Å². The van der Waals surface area contributed by atoms with Gasteiger partial charge >= 0.3 is 0 Å². The highest BCUT2D eigenvalue weighted by molar-refractivity contribution is 5.90. The van der Waals surface area contributed by atoms with Gasteiger partial charge in [0.15, 0.2) is 5.60 Å². The molecule has 0 N–H and O–H groups in total. The number of benzene rings is 2. The molecule has 0 bridgehead atoms. The molecule has 5 nitrogen and oxygen atoms in total. The number of hydrogen-bond donors (Lipinski definition) is 0. The summed E-state index contributed by atoms with van der Waals surface area (Å²) in [6.45, 7) is 0.517. The van der Waals surface area contributed by atoms with Gasteiger partial charge in [0.1, 0.15) is 12.0 Å². The number of rotatable bonds is 4. The highest BCUT2D eigenvalue weighted by Gasteiger charge is 2.58. The third-order valence-electron chi connectivity index (χ3n) is 5.22. The molecule has 0 spiro atoms. The van der Waals surface area contributed by atoms with Crippen LogP contribution in [0.25, 0.3) is 0 Å². The predicted molar refractivity (Wildman–Crippen MR) is 92.1 cm³/mol. The van der Waals surface area contributed by atoms with Crippen molar-refractivity contribution in [2.45, 2.75) is 24.3 Å². The van der Waals surface area contributed by atoms with Crippen molar-refractivity contribution in [3.05, 3.63) is 65.7 Å². The highest BCUT2D eigenvalue weighted by Crippen LogP contribution is 2.47. The van der Waals surface area contributed by atoms with Gasteiger partial charge in [-0.2, -0.15) is 0 Å². The normalized spacial score (nSPS) is 28.2. The summed E-state index contributed by atoms with van der Waals surface area (Å²) in [6, 6.07) is 17.4. The monoisotopic (exact) mass is 339 g/mol. The van der Waals surface area contributed by atoms with Crippen LogP contribution in [-0.2, 0) is 19.9 Å². The molecule has 2 aromatic rings.